The SMILES string of the molecule is NC1=CC(c2ccc3c(c2)CCN(CC(=O)Nc2cc(Cl)cc(Cl)c2)C3C2CCN(C3CCCCC3)CC2)CC=C1. The number of rotatable bonds is 6. The third-order valence-electron chi connectivity index (χ3n) is 9.67. The predicted octanol–water partition coefficient (Wildman–Crippen LogP) is 7.46. The van der Waals surface area contributed by atoms with Crippen LogP contribution in [0, 0.1) is 5.92 Å². The van der Waals surface area contributed by atoms with Crippen LogP contribution in [0.5, 0.6) is 0 Å². The molecule has 2 aromatic rings. The quantitative estimate of drug-likeness (QED) is 0.365. The number of nitrogens with one attached hydrogen (secondary N) is 1. The van der Waals surface area contributed by atoms with Crippen molar-refractivity contribution in [3.63, 3.8) is 0 Å². The molecular weight excluding hydrogens is 551 g/mol. The van der Waals surface area contributed by atoms with E-state index in [2.05, 4.69) is 45.5 Å². The van der Waals surface area contributed by atoms with E-state index >= 15 is 0 Å². The molecule has 2 unspecified atom stereocenters. The number of nitrogens with two attached hydrogens (primary N) is 1. The van der Waals surface area contributed by atoms with Crippen LogP contribution in [0.2, 0.25) is 10.0 Å². The number of carbonyl (C=O) groups excluding carboxylic acids is 1. The van der Waals surface area contributed by atoms with Crippen molar-refractivity contribution in [3.05, 3.63) is 87.1 Å². The van der Waals surface area contributed by atoms with Crippen LogP contribution in [0.1, 0.15) is 80.0 Å². The molecule has 218 valence electrons. The van der Waals surface area contributed by atoms with E-state index in [9.17, 15) is 4.79 Å². The number of halogens is 2. The lowest BCUT2D eigenvalue weighted by Gasteiger charge is -2.46. The van der Waals surface area contributed by atoms with Crippen LogP contribution in [-0.4, -0.2) is 47.9 Å². The molecule has 2 aliphatic carbocycles. The zero-order chi connectivity index (χ0) is 28.3. The highest BCUT2D eigenvalue weighted by molar-refractivity contribution is 6.35. The van der Waals surface area contributed by atoms with Crippen molar-refractivity contribution in [1.82, 2.24) is 9.80 Å². The van der Waals surface area contributed by atoms with Gasteiger partial charge < -0.3 is 16.0 Å². The Bertz CT molecular complexity index is 1290. The molecule has 0 aromatic heterocycles. The zero-order valence-corrected chi connectivity index (χ0v) is 25.3. The van der Waals surface area contributed by atoms with Crippen LogP contribution in [0.25, 0.3) is 0 Å². The number of benzene rings is 2. The fraction of sp³-hybridized carbons (Fsp3) is 0.500. The van der Waals surface area contributed by atoms with Gasteiger partial charge in [0.1, 0.15) is 0 Å². The molecule has 1 saturated carbocycles. The van der Waals surface area contributed by atoms with Gasteiger partial charge in [-0.25, -0.2) is 0 Å². The Kier molecular flexibility index (Phi) is 9.07. The topological polar surface area (TPSA) is 61.6 Å². The molecular formula is C34H42Cl2N4O. The van der Waals surface area contributed by atoms with Gasteiger partial charge in [0, 0.05) is 46.0 Å². The summed E-state index contributed by atoms with van der Waals surface area (Å²) >= 11 is 12.4. The zero-order valence-electron chi connectivity index (χ0n) is 23.8. The summed E-state index contributed by atoms with van der Waals surface area (Å²) in [5.74, 6) is 0.833. The average Bonchev–Trinajstić information content (AvgIpc) is 2.97. The number of allylic oxidation sites excluding steroid dienone is 3. The third-order valence-corrected chi connectivity index (χ3v) is 10.1. The summed E-state index contributed by atoms with van der Waals surface area (Å²) in [6.07, 6.45) is 17.5. The number of nitrogens with zero attached hydrogens (tertiary/aromatic N) is 2. The van der Waals surface area contributed by atoms with E-state index in [0.717, 1.165) is 31.1 Å². The fourth-order valence-corrected chi connectivity index (χ4v) is 8.21. The molecule has 2 atom stereocenters. The van der Waals surface area contributed by atoms with Gasteiger partial charge in [-0.05, 0) is 98.5 Å². The number of carbonyl (C=O) groups is 1. The number of anilines is 1. The van der Waals surface area contributed by atoms with E-state index in [1.807, 2.05) is 6.08 Å². The Morgan fingerprint density at radius 2 is 1.71 bits per heavy atom. The molecule has 4 aliphatic rings. The van der Waals surface area contributed by atoms with Crippen molar-refractivity contribution in [2.45, 2.75) is 75.8 Å². The molecule has 0 radical (unpaired) electrons. The second kappa shape index (κ2) is 12.9. The van der Waals surface area contributed by atoms with Gasteiger partial charge in [-0.1, -0.05) is 72.8 Å². The van der Waals surface area contributed by atoms with Crippen LogP contribution < -0.4 is 11.1 Å². The van der Waals surface area contributed by atoms with Crippen molar-refractivity contribution in [2.75, 3.05) is 31.5 Å². The second-order valence-corrected chi connectivity index (χ2v) is 13.3. The van der Waals surface area contributed by atoms with Crippen LogP contribution in [0.4, 0.5) is 5.69 Å². The molecule has 2 aromatic carbocycles. The van der Waals surface area contributed by atoms with Gasteiger partial charge in [-0.2, -0.15) is 0 Å². The lowest BCUT2D eigenvalue weighted by molar-refractivity contribution is -0.118. The van der Waals surface area contributed by atoms with Crippen molar-refractivity contribution < 1.29 is 4.79 Å². The molecule has 6 rings (SSSR count). The average molecular weight is 594 g/mol. The summed E-state index contributed by atoms with van der Waals surface area (Å²) in [5.41, 5.74) is 11.8. The van der Waals surface area contributed by atoms with Gasteiger partial charge in [0.15, 0.2) is 0 Å². The molecule has 2 fully saturated rings. The monoisotopic (exact) mass is 592 g/mol. The summed E-state index contributed by atoms with van der Waals surface area (Å²) in [6, 6.07) is 13.2. The van der Waals surface area contributed by atoms with Crippen molar-refractivity contribution in [1.29, 1.82) is 0 Å². The van der Waals surface area contributed by atoms with Crippen molar-refractivity contribution in [2.24, 2.45) is 11.7 Å². The molecule has 2 aliphatic heterocycles. The van der Waals surface area contributed by atoms with Gasteiger partial charge in [-0.15, -0.1) is 0 Å². The third kappa shape index (κ3) is 6.85. The minimum absolute atomic E-state index is 0.0253. The predicted molar refractivity (Wildman–Crippen MR) is 169 cm³/mol. The second-order valence-electron chi connectivity index (χ2n) is 12.4. The van der Waals surface area contributed by atoms with E-state index in [1.54, 1.807) is 18.2 Å². The van der Waals surface area contributed by atoms with Crippen LogP contribution in [0.3, 0.4) is 0 Å². The van der Waals surface area contributed by atoms with Gasteiger partial charge in [0.05, 0.1) is 6.54 Å². The molecule has 1 saturated heterocycles. The number of likely N-dealkylation sites (tertiary alicyclic amines) is 1. The van der Waals surface area contributed by atoms with Crippen LogP contribution >= 0.6 is 23.2 Å². The highest BCUT2D eigenvalue weighted by Gasteiger charge is 2.37. The summed E-state index contributed by atoms with van der Waals surface area (Å²) < 4.78 is 0. The minimum atomic E-state index is -0.0253. The molecule has 5 nitrogen and oxygen atoms in total. The maximum Gasteiger partial charge on any atom is 0.238 e. The maximum atomic E-state index is 13.3. The molecule has 3 N–H and O–H groups in total. The summed E-state index contributed by atoms with van der Waals surface area (Å²) in [4.78, 5) is 18.5. The van der Waals surface area contributed by atoms with E-state index in [-0.39, 0.29) is 11.9 Å². The van der Waals surface area contributed by atoms with Gasteiger partial charge in [0.25, 0.3) is 0 Å². The normalized spacial score (nSPS) is 24.6. The fourth-order valence-electron chi connectivity index (χ4n) is 7.69. The smallest absolute Gasteiger partial charge is 0.238 e. The first kappa shape index (κ1) is 28.8. The van der Waals surface area contributed by atoms with Gasteiger partial charge >= 0.3 is 0 Å². The Balaban J connectivity index is 1.22. The first-order valence-electron chi connectivity index (χ1n) is 15.4. The summed E-state index contributed by atoms with van der Waals surface area (Å²) in [6.45, 7) is 3.55. The first-order valence-corrected chi connectivity index (χ1v) is 16.2. The molecule has 7 heteroatoms. The standard InChI is InChI=1S/C34H42Cl2N4O/c35-27-19-28(36)21-30(20-27)38-33(41)22-40-16-13-26-17-25(24-5-4-6-29(37)18-24)9-10-32(26)34(40)23-11-14-39(15-12-23)31-7-2-1-3-8-31/h4,6,9-10,17-21,23-24,31,34H,1-3,5,7-8,11-16,22,37H2,(H,38,41). The van der Waals surface area contributed by atoms with Crippen molar-refractivity contribution >= 4 is 34.8 Å². The Morgan fingerprint density at radius 1 is 0.951 bits per heavy atom. The highest BCUT2D eigenvalue weighted by Crippen LogP contribution is 2.42. The van der Waals surface area contributed by atoms with Crippen molar-refractivity contribution in [3.8, 4) is 0 Å². The molecule has 41 heavy (non-hydrogen) atoms. The van der Waals surface area contributed by atoms with Gasteiger partial charge in [0.2, 0.25) is 5.91 Å². The molecule has 0 bridgehead atoms. The van der Waals surface area contributed by atoms with Gasteiger partial charge in [-0.3, -0.25) is 9.69 Å². The Morgan fingerprint density at radius 3 is 2.44 bits per heavy atom. The molecule has 1 amide bonds. The van der Waals surface area contributed by atoms with E-state index in [4.69, 9.17) is 28.9 Å². The molecule has 2 heterocycles. The lowest BCUT2D eigenvalue weighted by Crippen LogP contribution is -2.48. The first-order chi connectivity index (χ1) is 19.9. The van der Waals surface area contributed by atoms with E-state index < -0.39 is 0 Å². The number of hydrogen-bond acceptors (Lipinski definition) is 4. The summed E-state index contributed by atoms with van der Waals surface area (Å²) in [7, 11) is 0. The lowest BCUT2D eigenvalue weighted by atomic mass is 9.78. The van der Waals surface area contributed by atoms with Crippen LogP contribution in [0.15, 0.2) is 60.3 Å². The van der Waals surface area contributed by atoms with E-state index in [0.29, 0.717) is 34.1 Å². The highest BCUT2D eigenvalue weighted by atomic mass is 35.5. The Labute approximate surface area is 254 Å². The minimum Gasteiger partial charge on any atom is -0.399 e. The van der Waals surface area contributed by atoms with E-state index in [1.165, 1.54) is 74.7 Å². The molecule has 0 spiro atoms. The number of hydrogen-bond donors (Lipinski definition) is 2. The Hall–Kier alpha value is -2.31. The number of amides is 1. The largest absolute Gasteiger partial charge is 0.399 e. The number of piperidine rings is 1. The van der Waals surface area contributed by atoms with Crippen LogP contribution in [-0.2, 0) is 11.2 Å². The maximum absolute atomic E-state index is 13.3. The summed E-state index contributed by atoms with van der Waals surface area (Å²) in [5, 5.41) is 4.08. The number of fused-ring (bicyclic) bond motifs is 1.